The van der Waals surface area contributed by atoms with Gasteiger partial charge < -0.3 is 10.8 Å². The van der Waals surface area contributed by atoms with Crippen LogP contribution in [0.4, 0.5) is 5.69 Å². The summed E-state index contributed by atoms with van der Waals surface area (Å²) in [6.07, 6.45) is 0. The van der Waals surface area contributed by atoms with Crippen LogP contribution < -0.4 is 5.73 Å². The average Bonchev–Trinajstić information content (AvgIpc) is 2.17. The van der Waals surface area contributed by atoms with Crippen molar-refractivity contribution in [1.82, 2.24) is 0 Å². The smallest absolute Gasteiger partial charge is 0.126 e. The fraction of sp³-hybridized carbons (Fsp3) is 0.167. The lowest BCUT2D eigenvalue weighted by atomic mass is 10.0. The van der Waals surface area contributed by atoms with Crippen LogP contribution in [0, 0.1) is 13.8 Å². The van der Waals surface area contributed by atoms with Gasteiger partial charge in [0.05, 0.1) is 0 Å². The van der Waals surface area contributed by atoms with Crippen molar-refractivity contribution < 1.29 is 5.11 Å². The van der Waals surface area contributed by atoms with E-state index in [0.29, 0.717) is 11.4 Å². The van der Waals surface area contributed by atoms with Gasteiger partial charge in [0.15, 0.2) is 0 Å². The summed E-state index contributed by atoms with van der Waals surface area (Å²) < 4.78 is 0. The summed E-state index contributed by atoms with van der Waals surface area (Å²) in [4.78, 5) is 0. The Kier molecular flexibility index (Phi) is 1.84. The lowest BCUT2D eigenvalue weighted by molar-refractivity contribution is 0.477. The third-order valence-electron chi connectivity index (χ3n) is 2.70. The number of nitrogens with two attached hydrogens (primary N) is 1. The minimum atomic E-state index is 0.340. The first-order valence-corrected chi connectivity index (χ1v) is 4.58. The van der Waals surface area contributed by atoms with E-state index in [9.17, 15) is 5.11 Å². The highest BCUT2D eigenvalue weighted by atomic mass is 16.3. The lowest BCUT2D eigenvalue weighted by Gasteiger charge is -2.09. The van der Waals surface area contributed by atoms with Gasteiger partial charge in [0.25, 0.3) is 0 Å². The number of rotatable bonds is 0. The second-order valence-electron chi connectivity index (χ2n) is 3.61. The third-order valence-corrected chi connectivity index (χ3v) is 2.70. The first-order valence-electron chi connectivity index (χ1n) is 4.58. The Bertz CT molecular complexity index is 503. The van der Waals surface area contributed by atoms with Gasteiger partial charge in [-0.2, -0.15) is 0 Å². The van der Waals surface area contributed by atoms with Crippen LogP contribution in [0.25, 0.3) is 10.8 Å². The molecule has 0 radical (unpaired) electrons. The zero-order valence-electron chi connectivity index (χ0n) is 8.33. The van der Waals surface area contributed by atoms with Crippen molar-refractivity contribution in [2.75, 3.05) is 5.73 Å². The first kappa shape index (κ1) is 8.88. The summed E-state index contributed by atoms with van der Waals surface area (Å²) in [6.45, 7) is 3.88. The minimum Gasteiger partial charge on any atom is -0.507 e. The van der Waals surface area contributed by atoms with Crippen molar-refractivity contribution in [3.8, 4) is 5.75 Å². The van der Waals surface area contributed by atoms with E-state index in [-0.39, 0.29) is 0 Å². The van der Waals surface area contributed by atoms with Crippen LogP contribution in [0.5, 0.6) is 5.75 Å². The van der Waals surface area contributed by atoms with Crippen LogP contribution in [0.1, 0.15) is 11.1 Å². The Labute approximate surface area is 83.0 Å². The summed E-state index contributed by atoms with van der Waals surface area (Å²) in [7, 11) is 0. The molecule has 0 saturated carbocycles. The lowest BCUT2D eigenvalue weighted by Crippen LogP contribution is -1.90. The molecule has 0 heterocycles. The molecule has 0 aliphatic heterocycles. The van der Waals surface area contributed by atoms with Gasteiger partial charge in [-0.05, 0) is 37.1 Å². The number of hydrogen-bond donors (Lipinski definition) is 2. The summed E-state index contributed by atoms with van der Waals surface area (Å²) in [6, 6.07) is 7.59. The molecule has 0 atom stereocenters. The van der Waals surface area contributed by atoms with Crippen LogP contribution in [0.2, 0.25) is 0 Å². The molecular formula is C12H13NO. The number of benzene rings is 2. The van der Waals surface area contributed by atoms with E-state index < -0.39 is 0 Å². The van der Waals surface area contributed by atoms with Crippen molar-refractivity contribution in [1.29, 1.82) is 0 Å². The monoisotopic (exact) mass is 187 g/mol. The number of phenolic OH excluding ortho intramolecular Hbond substituents is 1. The van der Waals surface area contributed by atoms with Crippen molar-refractivity contribution >= 4 is 16.5 Å². The molecular weight excluding hydrogens is 174 g/mol. The van der Waals surface area contributed by atoms with Gasteiger partial charge in [-0.15, -0.1) is 0 Å². The Morgan fingerprint density at radius 2 is 1.86 bits per heavy atom. The molecule has 2 nitrogen and oxygen atoms in total. The molecule has 0 aliphatic rings. The van der Waals surface area contributed by atoms with Crippen LogP contribution in [-0.4, -0.2) is 5.11 Å². The van der Waals surface area contributed by atoms with Gasteiger partial charge >= 0.3 is 0 Å². The Morgan fingerprint density at radius 3 is 2.57 bits per heavy atom. The number of aryl methyl sites for hydroxylation is 1. The molecule has 14 heavy (non-hydrogen) atoms. The number of aromatic hydroxyl groups is 1. The zero-order chi connectivity index (χ0) is 10.3. The maximum Gasteiger partial charge on any atom is 0.126 e. The third kappa shape index (κ3) is 1.11. The highest BCUT2D eigenvalue weighted by Gasteiger charge is 2.07. The summed E-state index contributed by atoms with van der Waals surface area (Å²) in [5.41, 5.74) is 8.52. The number of nitrogen functional groups attached to an aromatic ring is 1. The molecule has 0 aromatic heterocycles. The highest BCUT2D eigenvalue weighted by Crippen LogP contribution is 2.33. The van der Waals surface area contributed by atoms with Crippen LogP contribution in [0.15, 0.2) is 24.3 Å². The summed E-state index contributed by atoms with van der Waals surface area (Å²) in [5, 5.41) is 11.7. The second kappa shape index (κ2) is 2.91. The van der Waals surface area contributed by atoms with E-state index in [4.69, 9.17) is 5.73 Å². The zero-order valence-corrected chi connectivity index (χ0v) is 8.33. The topological polar surface area (TPSA) is 46.2 Å². The minimum absolute atomic E-state index is 0.340. The van der Waals surface area contributed by atoms with E-state index in [1.807, 2.05) is 38.1 Å². The SMILES string of the molecule is Cc1cc2c(N)cccc2c(O)c1C. The molecule has 2 aromatic rings. The average molecular weight is 187 g/mol. The van der Waals surface area contributed by atoms with Gasteiger partial charge in [-0.3, -0.25) is 0 Å². The molecule has 2 aromatic carbocycles. The van der Waals surface area contributed by atoms with Crippen molar-refractivity contribution in [2.24, 2.45) is 0 Å². The second-order valence-corrected chi connectivity index (χ2v) is 3.61. The van der Waals surface area contributed by atoms with Crippen LogP contribution in [-0.2, 0) is 0 Å². The van der Waals surface area contributed by atoms with Crippen molar-refractivity contribution in [3.63, 3.8) is 0 Å². The molecule has 0 fully saturated rings. The first-order chi connectivity index (χ1) is 6.61. The van der Waals surface area contributed by atoms with Crippen LogP contribution >= 0.6 is 0 Å². The summed E-state index contributed by atoms with van der Waals surface area (Å²) >= 11 is 0. The molecule has 0 spiro atoms. The van der Waals surface area contributed by atoms with Crippen LogP contribution in [0.3, 0.4) is 0 Å². The predicted molar refractivity (Wildman–Crippen MR) is 59.5 cm³/mol. The highest BCUT2D eigenvalue weighted by molar-refractivity contribution is 5.98. The molecule has 72 valence electrons. The number of anilines is 1. The molecule has 0 saturated heterocycles. The quantitative estimate of drug-likeness (QED) is 0.623. The van der Waals surface area contributed by atoms with Gasteiger partial charge in [0, 0.05) is 16.5 Å². The number of phenols is 1. The maximum absolute atomic E-state index is 9.91. The van der Waals surface area contributed by atoms with E-state index >= 15 is 0 Å². The molecule has 0 bridgehead atoms. The number of hydrogen-bond acceptors (Lipinski definition) is 2. The number of fused-ring (bicyclic) bond motifs is 1. The standard InChI is InChI=1S/C12H13NO/c1-7-6-10-9(12(14)8(7)2)4-3-5-11(10)13/h3-6,14H,13H2,1-2H3. The predicted octanol–water partition coefficient (Wildman–Crippen LogP) is 2.74. The van der Waals surface area contributed by atoms with Gasteiger partial charge in [0.2, 0.25) is 0 Å². The van der Waals surface area contributed by atoms with E-state index in [0.717, 1.165) is 21.9 Å². The van der Waals surface area contributed by atoms with Crippen molar-refractivity contribution in [3.05, 3.63) is 35.4 Å². The molecule has 2 heteroatoms. The summed E-state index contributed by atoms with van der Waals surface area (Å²) in [5.74, 6) is 0.340. The fourth-order valence-corrected chi connectivity index (χ4v) is 1.66. The normalized spacial score (nSPS) is 10.7. The molecule has 0 aliphatic carbocycles. The Hall–Kier alpha value is -1.70. The van der Waals surface area contributed by atoms with E-state index in [1.165, 1.54) is 0 Å². The van der Waals surface area contributed by atoms with Gasteiger partial charge in [-0.25, -0.2) is 0 Å². The molecule has 0 unspecified atom stereocenters. The Balaban J connectivity index is 2.98. The van der Waals surface area contributed by atoms with E-state index in [1.54, 1.807) is 0 Å². The molecule has 0 amide bonds. The van der Waals surface area contributed by atoms with E-state index in [2.05, 4.69) is 0 Å². The molecule has 2 rings (SSSR count). The van der Waals surface area contributed by atoms with Crippen molar-refractivity contribution in [2.45, 2.75) is 13.8 Å². The largest absolute Gasteiger partial charge is 0.507 e. The van der Waals surface area contributed by atoms with Gasteiger partial charge in [0.1, 0.15) is 5.75 Å². The van der Waals surface area contributed by atoms with Gasteiger partial charge in [-0.1, -0.05) is 12.1 Å². The Morgan fingerprint density at radius 1 is 1.14 bits per heavy atom. The fourth-order valence-electron chi connectivity index (χ4n) is 1.66. The maximum atomic E-state index is 9.91. The molecule has 3 N–H and O–H groups in total.